The Bertz CT molecular complexity index is 1690. The van der Waals surface area contributed by atoms with Gasteiger partial charge in [-0.3, -0.25) is 19.2 Å². The number of rotatable bonds is 10. The lowest BCUT2D eigenvalue weighted by Gasteiger charge is -2.15. The first-order chi connectivity index (χ1) is 21.3. The number of hydrogen-bond acceptors (Lipinski definition) is 6. The molecule has 4 amide bonds. The molecule has 0 aromatic heterocycles. The molecule has 0 aliphatic carbocycles. The first-order valence-electron chi connectivity index (χ1n) is 13.8. The van der Waals surface area contributed by atoms with Gasteiger partial charge in [-0.25, -0.2) is 4.90 Å². The first-order valence-corrected chi connectivity index (χ1v) is 15.1. The smallest absolute Gasteiger partial charge is 0.272 e. The highest BCUT2D eigenvalue weighted by Crippen LogP contribution is 2.34. The Morgan fingerprint density at radius 3 is 2.27 bits per heavy atom. The number of carbonyl (C=O) groups excluding carboxylic acids is 4. The molecule has 1 aliphatic heterocycles. The van der Waals surface area contributed by atoms with Crippen LogP contribution in [-0.4, -0.2) is 35.5 Å². The molecule has 0 saturated carbocycles. The van der Waals surface area contributed by atoms with Gasteiger partial charge >= 0.3 is 0 Å². The third-order valence-corrected chi connectivity index (χ3v) is 8.06. The van der Waals surface area contributed by atoms with Crippen LogP contribution in [0.1, 0.15) is 29.3 Å². The molecule has 1 aliphatic rings. The minimum absolute atomic E-state index is 0.0545. The fourth-order valence-corrected chi connectivity index (χ4v) is 5.65. The number of ether oxygens (including phenoxy) is 1. The summed E-state index contributed by atoms with van der Waals surface area (Å²) in [6.07, 6.45) is 1.66. The molecule has 5 rings (SSSR count). The van der Waals surface area contributed by atoms with Crippen LogP contribution in [0.5, 0.6) is 5.75 Å². The zero-order valence-electron chi connectivity index (χ0n) is 23.7. The van der Waals surface area contributed by atoms with Gasteiger partial charge in [0.15, 0.2) is 0 Å². The molecule has 8 nitrogen and oxygen atoms in total. The Balaban J connectivity index is 1.28. The Kier molecular flexibility index (Phi) is 9.79. The number of anilines is 2. The second kappa shape index (κ2) is 14.1. The highest BCUT2D eigenvalue weighted by atomic mass is 35.5. The van der Waals surface area contributed by atoms with Gasteiger partial charge in [0.25, 0.3) is 11.8 Å². The molecule has 222 valence electrons. The Hall–Kier alpha value is -4.86. The van der Waals surface area contributed by atoms with Crippen LogP contribution in [0.4, 0.5) is 11.4 Å². The van der Waals surface area contributed by atoms with Crippen LogP contribution < -0.4 is 20.3 Å². The Morgan fingerprint density at radius 1 is 0.932 bits per heavy atom. The van der Waals surface area contributed by atoms with Gasteiger partial charge in [0.05, 0.1) is 17.5 Å². The van der Waals surface area contributed by atoms with Crippen LogP contribution in [0.25, 0.3) is 6.08 Å². The average molecular weight is 626 g/mol. The van der Waals surface area contributed by atoms with E-state index in [2.05, 4.69) is 10.6 Å². The van der Waals surface area contributed by atoms with Crippen molar-refractivity contribution in [3.63, 3.8) is 0 Å². The number of carbonyl (C=O) groups is 4. The molecule has 1 heterocycles. The predicted octanol–water partition coefficient (Wildman–Crippen LogP) is 6.57. The summed E-state index contributed by atoms with van der Waals surface area (Å²) in [5.41, 5.74) is 2.14. The highest BCUT2D eigenvalue weighted by Gasteiger charge is 2.40. The topological polar surface area (TPSA) is 105 Å². The number of nitrogens with one attached hydrogen (secondary N) is 2. The quantitative estimate of drug-likeness (QED) is 0.153. The van der Waals surface area contributed by atoms with E-state index in [9.17, 15) is 19.2 Å². The second-order valence-corrected chi connectivity index (χ2v) is 11.4. The lowest BCUT2D eigenvalue weighted by molar-refractivity contribution is -0.121. The maximum Gasteiger partial charge on any atom is 0.272 e. The summed E-state index contributed by atoms with van der Waals surface area (Å²) in [5.74, 6) is -0.809. The minimum atomic E-state index is -0.574. The lowest BCUT2D eigenvalue weighted by Crippen LogP contribution is -2.31. The fraction of sp³-hybridized carbons (Fsp3) is 0.118. The number of nitrogens with zero attached hydrogens (tertiary/aromatic N) is 1. The lowest BCUT2D eigenvalue weighted by atomic mass is 10.1. The SMILES string of the molecule is CCOc1ccc(/C=C(\NC(=O)c2ccccc2)C(=O)Nc2ccc(SC3CC(=O)N(c4ccc(Cl)cc4)C3=O)cc2)cc1. The number of thioether (sulfide) groups is 1. The van der Waals surface area contributed by atoms with E-state index in [1.165, 1.54) is 16.7 Å². The molecule has 0 bridgehead atoms. The van der Waals surface area contributed by atoms with Gasteiger partial charge in [0.2, 0.25) is 11.8 Å². The van der Waals surface area contributed by atoms with Crippen LogP contribution in [-0.2, 0) is 14.4 Å². The maximum atomic E-state index is 13.4. The number of halogens is 1. The summed E-state index contributed by atoms with van der Waals surface area (Å²) >= 11 is 7.22. The van der Waals surface area contributed by atoms with Crippen LogP contribution in [0, 0.1) is 0 Å². The van der Waals surface area contributed by atoms with Gasteiger partial charge in [0, 0.05) is 27.6 Å². The van der Waals surface area contributed by atoms with E-state index in [0.29, 0.717) is 39.9 Å². The first kappa shape index (κ1) is 30.6. The average Bonchev–Trinajstić information content (AvgIpc) is 3.31. The molecule has 2 N–H and O–H groups in total. The van der Waals surface area contributed by atoms with E-state index in [1.807, 2.05) is 6.92 Å². The molecule has 1 saturated heterocycles. The molecule has 4 aromatic carbocycles. The van der Waals surface area contributed by atoms with Crippen molar-refractivity contribution in [2.24, 2.45) is 0 Å². The molecule has 0 spiro atoms. The van der Waals surface area contributed by atoms with E-state index in [0.717, 1.165) is 4.90 Å². The monoisotopic (exact) mass is 625 g/mol. The molecule has 10 heteroatoms. The van der Waals surface area contributed by atoms with Gasteiger partial charge in [0.1, 0.15) is 11.4 Å². The van der Waals surface area contributed by atoms with Gasteiger partial charge < -0.3 is 15.4 Å². The zero-order chi connectivity index (χ0) is 31.1. The summed E-state index contributed by atoms with van der Waals surface area (Å²) in [4.78, 5) is 53.9. The van der Waals surface area contributed by atoms with Gasteiger partial charge in [-0.15, -0.1) is 11.8 Å². The summed E-state index contributed by atoms with van der Waals surface area (Å²) in [7, 11) is 0. The third kappa shape index (κ3) is 7.55. The van der Waals surface area contributed by atoms with E-state index in [4.69, 9.17) is 16.3 Å². The van der Waals surface area contributed by atoms with Crippen LogP contribution in [0.3, 0.4) is 0 Å². The van der Waals surface area contributed by atoms with Crippen molar-refractivity contribution < 1.29 is 23.9 Å². The molecule has 44 heavy (non-hydrogen) atoms. The summed E-state index contributed by atoms with van der Waals surface area (Å²) in [5, 5.41) is 5.49. The van der Waals surface area contributed by atoms with Crippen molar-refractivity contribution in [3.05, 3.63) is 125 Å². The number of imide groups is 1. The summed E-state index contributed by atoms with van der Waals surface area (Å²) < 4.78 is 5.49. The summed E-state index contributed by atoms with van der Waals surface area (Å²) in [6, 6.07) is 29.3. The van der Waals surface area contributed by atoms with Crippen molar-refractivity contribution in [1.29, 1.82) is 0 Å². The Labute approximate surface area is 264 Å². The van der Waals surface area contributed by atoms with Crippen molar-refractivity contribution in [1.82, 2.24) is 5.32 Å². The fourth-order valence-electron chi connectivity index (χ4n) is 4.47. The van der Waals surface area contributed by atoms with Crippen molar-refractivity contribution in [3.8, 4) is 5.75 Å². The van der Waals surface area contributed by atoms with Crippen molar-refractivity contribution >= 4 is 64.4 Å². The summed E-state index contributed by atoms with van der Waals surface area (Å²) in [6.45, 7) is 2.43. The molecule has 0 radical (unpaired) electrons. The molecule has 4 aromatic rings. The molecular formula is C34H28ClN3O5S. The van der Waals surface area contributed by atoms with Crippen molar-refractivity contribution in [2.45, 2.75) is 23.5 Å². The highest BCUT2D eigenvalue weighted by molar-refractivity contribution is 8.00. The normalized spacial score (nSPS) is 14.8. The van der Waals surface area contributed by atoms with Gasteiger partial charge in [-0.05, 0) is 91.4 Å². The van der Waals surface area contributed by atoms with Crippen LogP contribution in [0.15, 0.2) is 114 Å². The van der Waals surface area contributed by atoms with E-state index in [1.54, 1.807) is 109 Å². The molecule has 1 unspecified atom stereocenters. The predicted molar refractivity (Wildman–Crippen MR) is 173 cm³/mol. The standard InChI is InChI=1S/C34H28ClN3O5S/c1-2-43-27-16-8-22(9-17-27)20-29(37-32(40)23-6-4-3-5-7-23)33(41)36-25-12-18-28(19-13-25)44-30-21-31(39)38(34(30)42)26-14-10-24(35)11-15-26/h3-20,30H,2,21H2,1H3,(H,36,41)(H,37,40)/b29-20-. The third-order valence-electron chi connectivity index (χ3n) is 6.61. The van der Waals surface area contributed by atoms with Crippen molar-refractivity contribution in [2.75, 3.05) is 16.8 Å². The van der Waals surface area contributed by atoms with Gasteiger partial charge in [-0.2, -0.15) is 0 Å². The van der Waals surface area contributed by atoms with E-state index < -0.39 is 17.1 Å². The molecule has 1 fully saturated rings. The second-order valence-electron chi connectivity index (χ2n) is 9.71. The number of amides is 4. The number of hydrogen-bond donors (Lipinski definition) is 2. The van der Waals surface area contributed by atoms with Crippen LogP contribution in [0.2, 0.25) is 5.02 Å². The number of benzene rings is 4. The zero-order valence-corrected chi connectivity index (χ0v) is 25.2. The Morgan fingerprint density at radius 2 is 1.61 bits per heavy atom. The van der Waals surface area contributed by atoms with E-state index >= 15 is 0 Å². The van der Waals surface area contributed by atoms with E-state index in [-0.39, 0.29) is 23.9 Å². The maximum absolute atomic E-state index is 13.4. The van der Waals surface area contributed by atoms with Crippen LogP contribution >= 0.6 is 23.4 Å². The minimum Gasteiger partial charge on any atom is -0.494 e. The molecular weight excluding hydrogens is 598 g/mol. The van der Waals surface area contributed by atoms with Gasteiger partial charge in [-0.1, -0.05) is 41.9 Å². The largest absolute Gasteiger partial charge is 0.494 e. The molecule has 1 atom stereocenters.